The van der Waals surface area contributed by atoms with Crippen molar-refractivity contribution in [2.24, 2.45) is 11.8 Å². The van der Waals surface area contributed by atoms with Crippen molar-refractivity contribution in [3.8, 4) is 0 Å². The molecule has 2 unspecified atom stereocenters. The van der Waals surface area contributed by atoms with Crippen LogP contribution in [0.3, 0.4) is 0 Å². The van der Waals surface area contributed by atoms with Crippen molar-refractivity contribution in [3.05, 3.63) is 24.3 Å². The number of rotatable bonds is 0. The van der Waals surface area contributed by atoms with Crippen molar-refractivity contribution in [1.82, 2.24) is 0 Å². The van der Waals surface area contributed by atoms with Crippen molar-refractivity contribution in [3.63, 3.8) is 0 Å². The van der Waals surface area contributed by atoms with Gasteiger partial charge in [0, 0.05) is 0 Å². The van der Waals surface area contributed by atoms with Crippen LogP contribution in [0.1, 0.15) is 13.8 Å². The van der Waals surface area contributed by atoms with E-state index in [9.17, 15) is 0 Å². The fourth-order valence-corrected chi connectivity index (χ4v) is 1.09. The van der Waals surface area contributed by atoms with Gasteiger partial charge in [0.15, 0.2) is 0 Å². The number of hydrogen-bond acceptors (Lipinski definition) is 0. The molecule has 0 N–H and O–H groups in total. The fourth-order valence-electron chi connectivity index (χ4n) is 1.09. The molecule has 0 aliphatic heterocycles. The lowest BCUT2D eigenvalue weighted by atomic mass is 9.68. The second kappa shape index (κ2) is 1.48. The summed E-state index contributed by atoms with van der Waals surface area (Å²) in [4.78, 5) is 0. The highest BCUT2D eigenvalue weighted by molar-refractivity contribution is 5.40. The van der Waals surface area contributed by atoms with Crippen LogP contribution in [-0.4, -0.2) is 0 Å². The van der Waals surface area contributed by atoms with E-state index in [0.29, 0.717) is 11.8 Å². The van der Waals surface area contributed by atoms with Gasteiger partial charge in [-0.3, -0.25) is 0 Å². The maximum absolute atomic E-state index is 3.87. The summed E-state index contributed by atoms with van der Waals surface area (Å²) in [5.74, 6) is 1.37. The van der Waals surface area contributed by atoms with Gasteiger partial charge < -0.3 is 0 Å². The highest BCUT2D eigenvalue weighted by Crippen LogP contribution is 2.41. The van der Waals surface area contributed by atoms with E-state index in [4.69, 9.17) is 0 Å². The molecule has 44 valence electrons. The Balaban J connectivity index is 2.68. The average molecular weight is 108 g/mol. The minimum Gasteiger partial charge on any atom is -0.0953 e. The molecule has 0 aromatic heterocycles. The van der Waals surface area contributed by atoms with Crippen LogP contribution in [0.5, 0.6) is 0 Å². The molecule has 0 spiro atoms. The summed E-state index contributed by atoms with van der Waals surface area (Å²) in [5, 5.41) is 0. The third-order valence-corrected chi connectivity index (χ3v) is 2.26. The minimum absolute atomic E-state index is 0.683. The van der Waals surface area contributed by atoms with Gasteiger partial charge >= 0.3 is 0 Å². The Hall–Kier alpha value is -0.520. The third kappa shape index (κ3) is 0.459. The summed E-state index contributed by atoms with van der Waals surface area (Å²) in [7, 11) is 0. The highest BCUT2D eigenvalue weighted by atomic mass is 14.3. The Labute approximate surface area is 50.9 Å². The molecule has 0 saturated heterocycles. The summed E-state index contributed by atoms with van der Waals surface area (Å²) in [5.41, 5.74) is 2.50. The molecule has 1 aliphatic rings. The van der Waals surface area contributed by atoms with Gasteiger partial charge in [0.25, 0.3) is 0 Å². The summed E-state index contributed by atoms with van der Waals surface area (Å²) < 4.78 is 0. The van der Waals surface area contributed by atoms with E-state index in [1.54, 1.807) is 0 Å². The van der Waals surface area contributed by atoms with E-state index in [1.165, 1.54) is 11.1 Å². The third-order valence-electron chi connectivity index (χ3n) is 2.26. The Morgan fingerprint density at radius 3 is 1.38 bits per heavy atom. The smallest absolute Gasteiger partial charge is 0.0128 e. The first-order valence-electron chi connectivity index (χ1n) is 3.02. The van der Waals surface area contributed by atoms with Gasteiger partial charge in [-0.05, 0) is 23.0 Å². The largest absolute Gasteiger partial charge is 0.0953 e. The first kappa shape index (κ1) is 5.61. The predicted molar refractivity (Wildman–Crippen MR) is 36.6 cm³/mol. The Kier molecular flexibility index (Phi) is 1.04. The molecule has 0 radical (unpaired) electrons. The molecule has 0 aromatic carbocycles. The van der Waals surface area contributed by atoms with Crippen molar-refractivity contribution in [2.45, 2.75) is 13.8 Å². The van der Waals surface area contributed by atoms with Crippen molar-refractivity contribution >= 4 is 0 Å². The first-order valence-corrected chi connectivity index (χ1v) is 3.02. The van der Waals surface area contributed by atoms with Crippen LogP contribution in [0.15, 0.2) is 24.3 Å². The van der Waals surface area contributed by atoms with E-state index < -0.39 is 0 Å². The summed E-state index contributed by atoms with van der Waals surface area (Å²) in [6, 6.07) is 0. The summed E-state index contributed by atoms with van der Waals surface area (Å²) in [6.45, 7) is 12.1. The van der Waals surface area contributed by atoms with Crippen molar-refractivity contribution < 1.29 is 0 Å². The molecule has 8 heavy (non-hydrogen) atoms. The molecule has 0 heteroatoms. The van der Waals surface area contributed by atoms with Gasteiger partial charge in [-0.15, -0.1) is 0 Å². The lowest BCUT2D eigenvalue weighted by Gasteiger charge is -2.36. The van der Waals surface area contributed by atoms with Gasteiger partial charge in [-0.25, -0.2) is 0 Å². The molecule has 1 aliphatic carbocycles. The van der Waals surface area contributed by atoms with Gasteiger partial charge in [0.2, 0.25) is 0 Å². The van der Waals surface area contributed by atoms with E-state index in [-0.39, 0.29) is 0 Å². The number of hydrogen-bond donors (Lipinski definition) is 0. The topological polar surface area (TPSA) is 0 Å². The van der Waals surface area contributed by atoms with Gasteiger partial charge in [-0.2, -0.15) is 0 Å². The van der Waals surface area contributed by atoms with Gasteiger partial charge in [0.1, 0.15) is 0 Å². The average Bonchev–Trinajstić information content (AvgIpc) is 1.83. The van der Waals surface area contributed by atoms with Crippen LogP contribution in [0.2, 0.25) is 0 Å². The Morgan fingerprint density at radius 1 is 1.00 bits per heavy atom. The number of allylic oxidation sites excluding steroid dienone is 2. The van der Waals surface area contributed by atoms with Crippen LogP contribution in [0.25, 0.3) is 0 Å². The van der Waals surface area contributed by atoms with E-state index in [2.05, 4.69) is 27.0 Å². The predicted octanol–water partition coefficient (Wildman–Crippen LogP) is 2.38. The molecule has 0 heterocycles. The SMILES string of the molecule is C=C1C(=C)C(C)C1C. The lowest BCUT2D eigenvalue weighted by molar-refractivity contribution is 0.431. The van der Waals surface area contributed by atoms with Crippen LogP contribution >= 0.6 is 0 Å². The molecule has 1 saturated carbocycles. The Morgan fingerprint density at radius 2 is 1.25 bits per heavy atom. The van der Waals surface area contributed by atoms with Gasteiger partial charge in [-0.1, -0.05) is 27.0 Å². The molecule has 1 rings (SSSR count). The zero-order valence-electron chi connectivity index (χ0n) is 5.57. The van der Waals surface area contributed by atoms with Gasteiger partial charge in [0.05, 0.1) is 0 Å². The van der Waals surface area contributed by atoms with E-state index in [0.717, 1.165) is 0 Å². The second-order valence-electron chi connectivity index (χ2n) is 2.63. The summed E-state index contributed by atoms with van der Waals surface area (Å²) >= 11 is 0. The van der Waals surface area contributed by atoms with Crippen molar-refractivity contribution in [1.29, 1.82) is 0 Å². The normalized spacial score (nSPS) is 37.2. The monoisotopic (exact) mass is 108 g/mol. The molecular weight excluding hydrogens is 96.1 g/mol. The van der Waals surface area contributed by atoms with Crippen LogP contribution in [0, 0.1) is 11.8 Å². The maximum Gasteiger partial charge on any atom is -0.0128 e. The first-order chi connectivity index (χ1) is 3.64. The standard InChI is InChI=1S/C8H12/c1-5-6(2)8(4)7(5)3/h7-8H,1-2H2,3-4H3. The van der Waals surface area contributed by atoms with E-state index in [1.807, 2.05) is 0 Å². The van der Waals surface area contributed by atoms with Crippen LogP contribution < -0.4 is 0 Å². The zero-order chi connectivity index (χ0) is 6.31. The minimum atomic E-state index is 0.683. The molecule has 0 nitrogen and oxygen atoms in total. The molecule has 0 aromatic rings. The highest BCUT2D eigenvalue weighted by Gasteiger charge is 2.30. The quantitative estimate of drug-likeness (QED) is 0.447. The lowest BCUT2D eigenvalue weighted by Crippen LogP contribution is -2.25. The molecule has 1 fully saturated rings. The molecule has 0 bridgehead atoms. The molecular formula is C8H12. The molecule has 2 atom stereocenters. The van der Waals surface area contributed by atoms with Crippen LogP contribution in [-0.2, 0) is 0 Å². The van der Waals surface area contributed by atoms with Crippen LogP contribution in [0.4, 0.5) is 0 Å². The summed E-state index contributed by atoms with van der Waals surface area (Å²) in [6.07, 6.45) is 0. The zero-order valence-corrected chi connectivity index (χ0v) is 5.57. The fraction of sp³-hybridized carbons (Fsp3) is 0.500. The molecule has 0 amide bonds. The van der Waals surface area contributed by atoms with Crippen molar-refractivity contribution in [2.75, 3.05) is 0 Å². The second-order valence-corrected chi connectivity index (χ2v) is 2.63. The Bertz CT molecular complexity index is 124. The maximum atomic E-state index is 3.87. The van der Waals surface area contributed by atoms with E-state index >= 15 is 0 Å².